The number of carbonyl (C=O) groups excluding carboxylic acids is 1. The van der Waals surface area contributed by atoms with Crippen LogP contribution in [0.4, 0.5) is 0 Å². The summed E-state index contributed by atoms with van der Waals surface area (Å²) in [5.41, 5.74) is 0. The van der Waals surface area contributed by atoms with Crippen molar-refractivity contribution < 1.29 is 14.6 Å². The Bertz CT molecular complexity index is 153. The molecule has 64 valence electrons. The molecule has 2 atom stereocenters. The minimum absolute atomic E-state index is 0.0162. The molecule has 1 heterocycles. The first-order valence-electron chi connectivity index (χ1n) is 3.97. The first-order chi connectivity index (χ1) is 5.09. The van der Waals surface area contributed by atoms with Gasteiger partial charge in [-0.1, -0.05) is 13.8 Å². The van der Waals surface area contributed by atoms with Crippen LogP contribution in [-0.4, -0.2) is 17.4 Å². The molecule has 0 radical (unpaired) electrons. The van der Waals surface area contributed by atoms with Gasteiger partial charge in [-0.15, -0.1) is 0 Å². The van der Waals surface area contributed by atoms with E-state index in [0.29, 0.717) is 12.3 Å². The van der Waals surface area contributed by atoms with Crippen LogP contribution in [0.2, 0.25) is 0 Å². The lowest BCUT2D eigenvalue weighted by molar-refractivity contribution is -0.156. The molecule has 0 aromatic heterocycles. The Morgan fingerprint density at radius 1 is 1.73 bits per heavy atom. The van der Waals surface area contributed by atoms with E-state index in [4.69, 9.17) is 5.11 Å². The summed E-state index contributed by atoms with van der Waals surface area (Å²) < 4.78 is 4.59. The molecule has 0 aromatic rings. The molecule has 0 aliphatic carbocycles. The average Bonchev–Trinajstić information content (AvgIpc) is 2.09. The van der Waals surface area contributed by atoms with Gasteiger partial charge >= 0.3 is 5.97 Å². The van der Waals surface area contributed by atoms with Gasteiger partial charge in [0.25, 0.3) is 0 Å². The van der Waals surface area contributed by atoms with Crippen LogP contribution in [-0.2, 0) is 9.53 Å². The molecular formula is C8H14O3. The van der Waals surface area contributed by atoms with Crippen molar-refractivity contribution in [3.05, 3.63) is 0 Å². The van der Waals surface area contributed by atoms with Crippen LogP contribution in [0.5, 0.6) is 0 Å². The van der Waals surface area contributed by atoms with Crippen LogP contribution in [0.1, 0.15) is 26.7 Å². The van der Waals surface area contributed by atoms with Crippen LogP contribution in [0.15, 0.2) is 0 Å². The second-order valence-corrected chi connectivity index (χ2v) is 3.47. The zero-order valence-corrected chi connectivity index (χ0v) is 6.91. The molecule has 1 unspecified atom stereocenters. The highest BCUT2D eigenvalue weighted by Crippen LogP contribution is 2.26. The van der Waals surface area contributed by atoms with E-state index < -0.39 is 6.29 Å². The van der Waals surface area contributed by atoms with E-state index in [1.54, 1.807) is 0 Å². The van der Waals surface area contributed by atoms with Crippen molar-refractivity contribution in [2.75, 3.05) is 0 Å². The quantitative estimate of drug-likeness (QED) is 0.608. The lowest BCUT2D eigenvalue weighted by Crippen LogP contribution is -2.16. The third-order valence-corrected chi connectivity index (χ3v) is 1.86. The van der Waals surface area contributed by atoms with E-state index in [-0.39, 0.29) is 11.9 Å². The minimum Gasteiger partial charge on any atom is -0.436 e. The molecule has 3 heteroatoms. The molecular weight excluding hydrogens is 144 g/mol. The molecule has 0 saturated carbocycles. The fourth-order valence-electron chi connectivity index (χ4n) is 1.40. The standard InChI is InChI=1S/C8H14O3/c1-5(2)3-6-4-7(9)11-8(6)10/h5-6,8,10H,3-4H2,1-2H3/t6-,8?/m1/s1. The summed E-state index contributed by atoms with van der Waals surface area (Å²) >= 11 is 0. The fraction of sp³-hybridized carbons (Fsp3) is 0.875. The van der Waals surface area contributed by atoms with Crippen molar-refractivity contribution in [2.45, 2.75) is 33.0 Å². The lowest BCUT2D eigenvalue weighted by Gasteiger charge is -2.13. The maximum absolute atomic E-state index is 10.7. The van der Waals surface area contributed by atoms with Gasteiger partial charge in [-0.05, 0) is 12.3 Å². The van der Waals surface area contributed by atoms with Crippen LogP contribution < -0.4 is 0 Å². The normalized spacial score (nSPS) is 31.1. The predicted molar refractivity (Wildman–Crippen MR) is 39.7 cm³/mol. The van der Waals surface area contributed by atoms with Crippen molar-refractivity contribution in [3.63, 3.8) is 0 Å². The molecule has 11 heavy (non-hydrogen) atoms. The number of cyclic esters (lactones) is 1. The molecule has 1 aliphatic heterocycles. The van der Waals surface area contributed by atoms with Gasteiger partial charge in [-0.3, -0.25) is 4.79 Å². The fourth-order valence-corrected chi connectivity index (χ4v) is 1.40. The zero-order chi connectivity index (χ0) is 8.43. The van der Waals surface area contributed by atoms with E-state index >= 15 is 0 Å². The van der Waals surface area contributed by atoms with Gasteiger partial charge in [0, 0.05) is 5.92 Å². The Morgan fingerprint density at radius 3 is 2.73 bits per heavy atom. The van der Waals surface area contributed by atoms with Crippen molar-refractivity contribution in [3.8, 4) is 0 Å². The van der Waals surface area contributed by atoms with Crippen molar-refractivity contribution >= 4 is 5.97 Å². The van der Waals surface area contributed by atoms with Crippen LogP contribution in [0.3, 0.4) is 0 Å². The summed E-state index contributed by atoms with van der Waals surface area (Å²) in [5.74, 6) is 0.245. The Labute approximate surface area is 66.4 Å². The number of rotatable bonds is 2. The lowest BCUT2D eigenvalue weighted by atomic mass is 9.95. The van der Waals surface area contributed by atoms with Gasteiger partial charge in [0.15, 0.2) is 0 Å². The van der Waals surface area contributed by atoms with E-state index in [9.17, 15) is 4.79 Å². The number of aliphatic hydroxyl groups excluding tert-OH is 1. The van der Waals surface area contributed by atoms with Gasteiger partial charge in [0.1, 0.15) is 0 Å². The van der Waals surface area contributed by atoms with Crippen LogP contribution in [0, 0.1) is 11.8 Å². The summed E-state index contributed by atoms with van der Waals surface area (Å²) in [6.45, 7) is 4.13. The maximum Gasteiger partial charge on any atom is 0.308 e. The summed E-state index contributed by atoms with van der Waals surface area (Å²) in [6.07, 6.45) is 0.372. The number of hydrogen-bond donors (Lipinski definition) is 1. The number of aliphatic hydroxyl groups is 1. The van der Waals surface area contributed by atoms with E-state index in [1.807, 2.05) is 0 Å². The van der Waals surface area contributed by atoms with Crippen molar-refractivity contribution in [1.82, 2.24) is 0 Å². The van der Waals surface area contributed by atoms with Gasteiger partial charge in [0.2, 0.25) is 6.29 Å². The Balaban J connectivity index is 2.40. The number of hydrogen-bond acceptors (Lipinski definition) is 3. The summed E-state index contributed by atoms with van der Waals surface area (Å²) in [4.78, 5) is 10.7. The molecule has 0 spiro atoms. The van der Waals surface area contributed by atoms with Crippen molar-refractivity contribution in [2.24, 2.45) is 11.8 Å². The molecule has 1 aliphatic rings. The second-order valence-electron chi connectivity index (χ2n) is 3.47. The average molecular weight is 158 g/mol. The Hall–Kier alpha value is -0.570. The first kappa shape index (κ1) is 8.53. The first-order valence-corrected chi connectivity index (χ1v) is 3.97. The highest BCUT2D eigenvalue weighted by atomic mass is 16.6. The molecule has 0 bridgehead atoms. The predicted octanol–water partition coefficient (Wildman–Crippen LogP) is 0.914. The molecule has 0 aromatic carbocycles. The Morgan fingerprint density at radius 2 is 2.36 bits per heavy atom. The third-order valence-electron chi connectivity index (χ3n) is 1.86. The number of esters is 1. The van der Waals surface area contributed by atoms with Gasteiger partial charge in [-0.2, -0.15) is 0 Å². The van der Waals surface area contributed by atoms with E-state index in [0.717, 1.165) is 6.42 Å². The third kappa shape index (κ3) is 2.19. The second kappa shape index (κ2) is 3.22. The van der Waals surface area contributed by atoms with Crippen molar-refractivity contribution in [1.29, 1.82) is 0 Å². The molecule has 3 nitrogen and oxygen atoms in total. The molecule has 0 amide bonds. The highest BCUT2D eigenvalue weighted by Gasteiger charge is 2.33. The maximum atomic E-state index is 10.7. The summed E-state index contributed by atoms with van der Waals surface area (Å²) in [5, 5.41) is 9.17. The molecule has 1 saturated heterocycles. The summed E-state index contributed by atoms with van der Waals surface area (Å²) in [6, 6.07) is 0. The van der Waals surface area contributed by atoms with E-state index in [1.165, 1.54) is 0 Å². The smallest absolute Gasteiger partial charge is 0.308 e. The minimum atomic E-state index is -0.857. The molecule has 1 rings (SSSR count). The molecule has 1 fully saturated rings. The SMILES string of the molecule is CC(C)C[C@@H]1CC(=O)OC1O. The van der Waals surface area contributed by atoms with E-state index in [2.05, 4.69) is 18.6 Å². The highest BCUT2D eigenvalue weighted by molar-refractivity contribution is 5.71. The topological polar surface area (TPSA) is 46.5 Å². The number of carbonyl (C=O) groups is 1. The van der Waals surface area contributed by atoms with Gasteiger partial charge in [0.05, 0.1) is 6.42 Å². The largest absolute Gasteiger partial charge is 0.436 e. The summed E-state index contributed by atoms with van der Waals surface area (Å²) in [7, 11) is 0. The molecule has 1 N–H and O–H groups in total. The van der Waals surface area contributed by atoms with Gasteiger partial charge in [-0.25, -0.2) is 0 Å². The van der Waals surface area contributed by atoms with Gasteiger partial charge < -0.3 is 9.84 Å². The monoisotopic (exact) mass is 158 g/mol. The van der Waals surface area contributed by atoms with Crippen LogP contribution >= 0.6 is 0 Å². The Kier molecular flexibility index (Phi) is 2.49. The zero-order valence-electron chi connectivity index (χ0n) is 6.91. The number of ether oxygens (including phenoxy) is 1. The van der Waals surface area contributed by atoms with Crippen LogP contribution in [0.25, 0.3) is 0 Å².